The Kier molecular flexibility index (Phi) is 7.55. The van der Waals surface area contributed by atoms with Crippen molar-refractivity contribution >= 4 is 44.5 Å². The lowest BCUT2D eigenvalue weighted by Crippen LogP contribution is -2.40. The summed E-state index contributed by atoms with van der Waals surface area (Å²) < 4.78 is 27.7. The van der Waals surface area contributed by atoms with Crippen LogP contribution in [0.5, 0.6) is 0 Å². The summed E-state index contributed by atoms with van der Waals surface area (Å²) in [7, 11) is -3.66. The largest absolute Gasteiger partial charge is 0.287 e. The van der Waals surface area contributed by atoms with Crippen molar-refractivity contribution in [3.05, 3.63) is 64.7 Å². The van der Waals surface area contributed by atoms with Gasteiger partial charge in [-0.3, -0.25) is 14.7 Å². The van der Waals surface area contributed by atoms with E-state index in [-0.39, 0.29) is 21.4 Å². The minimum atomic E-state index is -3.66. The standard InChI is InChI=1S/C23H26ClN3O3S2/c24-21-11-10-19(32(29,30)26-12-5-2-6-13-26)16-20(21)22(28)27-14-7-15-31-23(27)25-17-18-8-3-1-4-9-18/h1,3-4,8-11,16H,2,5-7,12-15,17H2. The molecule has 0 N–H and O–H groups in total. The topological polar surface area (TPSA) is 70.1 Å². The molecule has 2 aromatic rings. The highest BCUT2D eigenvalue weighted by molar-refractivity contribution is 8.13. The summed E-state index contributed by atoms with van der Waals surface area (Å²) in [5.74, 6) is 0.568. The number of amidine groups is 1. The Labute approximate surface area is 198 Å². The van der Waals surface area contributed by atoms with Crippen molar-refractivity contribution in [2.75, 3.05) is 25.4 Å². The van der Waals surface area contributed by atoms with Gasteiger partial charge >= 0.3 is 0 Å². The summed E-state index contributed by atoms with van der Waals surface area (Å²) >= 11 is 7.90. The maximum absolute atomic E-state index is 13.4. The summed E-state index contributed by atoms with van der Waals surface area (Å²) in [5.41, 5.74) is 1.26. The van der Waals surface area contributed by atoms with E-state index < -0.39 is 10.0 Å². The molecule has 170 valence electrons. The van der Waals surface area contributed by atoms with Crippen LogP contribution in [0, 0.1) is 0 Å². The highest BCUT2D eigenvalue weighted by Crippen LogP contribution is 2.28. The van der Waals surface area contributed by atoms with Crippen LogP contribution in [0.2, 0.25) is 5.02 Å². The number of halogens is 1. The maximum atomic E-state index is 13.4. The molecule has 0 atom stereocenters. The number of amides is 1. The van der Waals surface area contributed by atoms with Crippen LogP contribution in [-0.4, -0.2) is 54.1 Å². The number of carbonyl (C=O) groups excluding carboxylic acids is 1. The third kappa shape index (κ3) is 5.20. The Hall–Kier alpha value is -1.87. The lowest BCUT2D eigenvalue weighted by atomic mass is 10.2. The number of sulfonamides is 1. The fraction of sp³-hybridized carbons (Fsp3) is 0.391. The first-order valence-electron chi connectivity index (χ1n) is 10.8. The third-order valence-electron chi connectivity index (χ3n) is 5.59. The van der Waals surface area contributed by atoms with Crippen molar-refractivity contribution in [2.24, 2.45) is 4.99 Å². The molecule has 9 heteroatoms. The van der Waals surface area contributed by atoms with Gasteiger partial charge in [-0.15, -0.1) is 0 Å². The number of nitrogens with zero attached hydrogens (tertiary/aromatic N) is 3. The number of piperidine rings is 1. The van der Waals surface area contributed by atoms with Gasteiger partial charge in [0.1, 0.15) is 0 Å². The fourth-order valence-electron chi connectivity index (χ4n) is 3.85. The summed E-state index contributed by atoms with van der Waals surface area (Å²) in [6.45, 7) is 2.02. The van der Waals surface area contributed by atoms with Gasteiger partial charge in [-0.2, -0.15) is 4.31 Å². The molecule has 2 aliphatic rings. The second-order valence-corrected chi connectivity index (χ2v) is 11.3. The Morgan fingerprint density at radius 2 is 1.75 bits per heavy atom. The molecule has 0 radical (unpaired) electrons. The predicted octanol–water partition coefficient (Wildman–Crippen LogP) is 4.65. The van der Waals surface area contributed by atoms with Crippen LogP contribution in [0.25, 0.3) is 0 Å². The first-order chi connectivity index (χ1) is 15.5. The lowest BCUT2D eigenvalue weighted by Gasteiger charge is -2.29. The van der Waals surface area contributed by atoms with E-state index in [0.717, 1.165) is 37.0 Å². The quantitative estimate of drug-likeness (QED) is 0.610. The SMILES string of the molecule is O=C(c1cc(S(=O)(=O)N2CCCCC2)ccc1Cl)N1CCCSC1=NCc1ccccc1. The smallest absolute Gasteiger partial charge is 0.261 e. The van der Waals surface area contributed by atoms with Crippen molar-refractivity contribution in [2.45, 2.75) is 37.1 Å². The zero-order valence-corrected chi connectivity index (χ0v) is 20.1. The third-order valence-corrected chi connectivity index (χ3v) is 8.92. The molecule has 6 nitrogen and oxygen atoms in total. The van der Waals surface area contributed by atoms with E-state index in [9.17, 15) is 13.2 Å². The second-order valence-electron chi connectivity index (χ2n) is 7.85. The van der Waals surface area contributed by atoms with Gasteiger partial charge in [0.2, 0.25) is 10.0 Å². The van der Waals surface area contributed by atoms with Gasteiger partial charge in [0.25, 0.3) is 5.91 Å². The molecule has 0 aliphatic carbocycles. The van der Waals surface area contributed by atoms with Crippen LogP contribution in [0.4, 0.5) is 0 Å². The van der Waals surface area contributed by atoms with Crippen molar-refractivity contribution < 1.29 is 13.2 Å². The molecule has 1 amide bonds. The lowest BCUT2D eigenvalue weighted by molar-refractivity contribution is 0.0848. The van der Waals surface area contributed by atoms with Crippen LogP contribution >= 0.6 is 23.4 Å². The number of benzene rings is 2. The summed E-state index contributed by atoms with van der Waals surface area (Å²) in [6, 6.07) is 14.3. The van der Waals surface area contributed by atoms with E-state index in [1.54, 1.807) is 4.90 Å². The molecule has 32 heavy (non-hydrogen) atoms. The van der Waals surface area contributed by atoms with E-state index >= 15 is 0 Å². The van der Waals surface area contributed by atoms with Crippen molar-refractivity contribution in [3.63, 3.8) is 0 Å². The minimum absolute atomic E-state index is 0.111. The van der Waals surface area contributed by atoms with Gasteiger partial charge in [-0.1, -0.05) is 60.1 Å². The van der Waals surface area contributed by atoms with Gasteiger partial charge in [-0.05, 0) is 43.0 Å². The van der Waals surface area contributed by atoms with Crippen LogP contribution in [0.1, 0.15) is 41.6 Å². The van der Waals surface area contributed by atoms with Crippen molar-refractivity contribution in [1.82, 2.24) is 9.21 Å². The molecule has 2 aliphatic heterocycles. The van der Waals surface area contributed by atoms with Gasteiger partial charge < -0.3 is 0 Å². The molecule has 4 rings (SSSR count). The molecule has 0 spiro atoms. The molecule has 0 aromatic heterocycles. The molecular formula is C23H26ClN3O3S2. The van der Waals surface area contributed by atoms with E-state index in [2.05, 4.69) is 4.99 Å². The highest BCUT2D eigenvalue weighted by Gasteiger charge is 2.30. The van der Waals surface area contributed by atoms with E-state index in [1.807, 2.05) is 30.3 Å². The summed E-state index contributed by atoms with van der Waals surface area (Å²) in [5, 5.41) is 0.885. The summed E-state index contributed by atoms with van der Waals surface area (Å²) in [6.07, 6.45) is 3.58. The van der Waals surface area contributed by atoms with Gasteiger partial charge in [0.15, 0.2) is 5.17 Å². The Bertz CT molecular complexity index is 1100. The Balaban J connectivity index is 1.60. The monoisotopic (exact) mass is 491 g/mol. The molecule has 2 aromatic carbocycles. The first kappa shape index (κ1) is 23.3. The van der Waals surface area contributed by atoms with Gasteiger partial charge in [0.05, 0.1) is 22.0 Å². The average Bonchev–Trinajstić information content (AvgIpc) is 2.84. The molecule has 2 heterocycles. The minimum Gasteiger partial charge on any atom is -0.287 e. The Morgan fingerprint density at radius 1 is 1.00 bits per heavy atom. The van der Waals surface area contributed by atoms with E-state index in [0.29, 0.717) is 31.3 Å². The number of hydrogen-bond donors (Lipinski definition) is 0. The highest BCUT2D eigenvalue weighted by atomic mass is 35.5. The van der Waals surface area contributed by atoms with Crippen LogP contribution < -0.4 is 0 Å². The normalized spacial score (nSPS) is 19.3. The first-order valence-corrected chi connectivity index (χ1v) is 13.6. The fourth-order valence-corrected chi connectivity index (χ4v) is 6.53. The van der Waals surface area contributed by atoms with Crippen LogP contribution in [0.15, 0.2) is 58.4 Å². The van der Waals surface area contributed by atoms with Crippen molar-refractivity contribution in [3.8, 4) is 0 Å². The van der Waals surface area contributed by atoms with Gasteiger partial charge in [-0.25, -0.2) is 8.42 Å². The summed E-state index contributed by atoms with van der Waals surface area (Å²) in [4.78, 5) is 19.8. The number of thioether (sulfide) groups is 1. The molecule has 2 fully saturated rings. The molecule has 2 saturated heterocycles. The van der Waals surface area contributed by atoms with Crippen LogP contribution in [0.3, 0.4) is 0 Å². The maximum Gasteiger partial charge on any atom is 0.261 e. The van der Waals surface area contributed by atoms with Crippen LogP contribution in [-0.2, 0) is 16.6 Å². The predicted molar refractivity (Wildman–Crippen MR) is 130 cm³/mol. The molecule has 0 bridgehead atoms. The molecule has 0 saturated carbocycles. The zero-order valence-electron chi connectivity index (χ0n) is 17.7. The van der Waals surface area contributed by atoms with E-state index in [4.69, 9.17) is 11.6 Å². The second kappa shape index (κ2) is 10.4. The zero-order chi connectivity index (χ0) is 22.6. The number of carbonyl (C=O) groups is 1. The van der Waals surface area contributed by atoms with Gasteiger partial charge in [0, 0.05) is 25.4 Å². The number of hydrogen-bond acceptors (Lipinski definition) is 5. The molecular weight excluding hydrogens is 466 g/mol. The van der Waals surface area contributed by atoms with Crippen molar-refractivity contribution in [1.29, 1.82) is 0 Å². The number of aliphatic imine (C=N–C) groups is 1. The molecule has 0 unspecified atom stereocenters. The Morgan fingerprint density at radius 3 is 2.50 bits per heavy atom. The van der Waals surface area contributed by atoms with E-state index in [1.165, 1.54) is 34.3 Å². The average molecular weight is 492 g/mol. The number of rotatable bonds is 5.